The van der Waals surface area contributed by atoms with E-state index in [-0.39, 0.29) is 11.3 Å². The van der Waals surface area contributed by atoms with Crippen molar-refractivity contribution in [2.24, 2.45) is 5.10 Å². The molecule has 24 heavy (non-hydrogen) atoms. The van der Waals surface area contributed by atoms with E-state index < -0.39 is 16.8 Å². The predicted octanol–water partition coefficient (Wildman–Crippen LogP) is 2.15. The Morgan fingerprint density at radius 1 is 1.08 bits per heavy atom. The lowest BCUT2D eigenvalue weighted by Crippen LogP contribution is -2.17. The van der Waals surface area contributed by atoms with Crippen LogP contribution in [0.1, 0.15) is 26.3 Å². The molecule has 0 spiro atoms. The summed E-state index contributed by atoms with van der Waals surface area (Å²) in [6.07, 6.45) is 1.41. The molecule has 0 saturated heterocycles. The van der Waals surface area contributed by atoms with E-state index in [4.69, 9.17) is 0 Å². The van der Waals surface area contributed by atoms with E-state index in [1.54, 1.807) is 24.3 Å². The lowest BCUT2D eigenvalue weighted by atomic mass is 10.1. The maximum absolute atomic E-state index is 11.8. The summed E-state index contributed by atoms with van der Waals surface area (Å²) in [4.78, 5) is 33.1. The summed E-state index contributed by atoms with van der Waals surface area (Å²) in [6, 6.07) is 11.6. The molecule has 0 atom stereocenters. The fourth-order valence-corrected chi connectivity index (χ4v) is 1.79. The summed E-state index contributed by atoms with van der Waals surface area (Å²) in [6.45, 7) is 0. The summed E-state index contributed by atoms with van der Waals surface area (Å²) in [5, 5.41) is 14.3. The number of methoxy groups -OCH3 is 1. The van der Waals surface area contributed by atoms with Gasteiger partial charge in [0.2, 0.25) is 0 Å². The zero-order chi connectivity index (χ0) is 17.5. The number of amides is 1. The molecule has 8 heteroatoms. The second kappa shape index (κ2) is 7.63. The molecule has 0 saturated carbocycles. The third kappa shape index (κ3) is 4.23. The standard InChI is InChI=1S/C16H13N3O5/c1-24-16(21)13-4-2-11(3-5-13)10-17-18-15(20)12-6-8-14(9-7-12)19(22)23/h2-10H,1H3,(H,18,20)/b17-10-. The summed E-state index contributed by atoms with van der Waals surface area (Å²) in [7, 11) is 1.30. The number of carbonyl (C=O) groups excluding carboxylic acids is 2. The lowest BCUT2D eigenvalue weighted by molar-refractivity contribution is -0.384. The number of nitro groups is 1. The average molecular weight is 327 g/mol. The summed E-state index contributed by atoms with van der Waals surface area (Å²) in [5.41, 5.74) is 3.55. The number of ether oxygens (including phenoxy) is 1. The first kappa shape index (κ1) is 16.8. The van der Waals surface area contributed by atoms with Crippen molar-refractivity contribution in [3.63, 3.8) is 0 Å². The predicted molar refractivity (Wildman–Crippen MR) is 85.9 cm³/mol. The van der Waals surface area contributed by atoms with Crippen LogP contribution in [-0.4, -0.2) is 30.1 Å². The minimum absolute atomic E-state index is 0.0965. The molecular formula is C16H13N3O5. The molecule has 0 fully saturated rings. The van der Waals surface area contributed by atoms with Crippen LogP contribution in [0, 0.1) is 10.1 Å². The third-order valence-electron chi connectivity index (χ3n) is 3.05. The van der Waals surface area contributed by atoms with E-state index in [2.05, 4.69) is 15.3 Å². The Kier molecular flexibility index (Phi) is 5.35. The number of nitrogens with zero attached hydrogens (tertiary/aromatic N) is 2. The summed E-state index contributed by atoms with van der Waals surface area (Å²) in [5.74, 6) is -0.933. The minimum atomic E-state index is -0.544. The van der Waals surface area contributed by atoms with Crippen molar-refractivity contribution in [1.82, 2.24) is 5.43 Å². The molecule has 2 rings (SSSR count). The maximum Gasteiger partial charge on any atom is 0.337 e. The molecule has 122 valence electrons. The largest absolute Gasteiger partial charge is 0.465 e. The molecule has 0 aliphatic rings. The number of carbonyl (C=O) groups is 2. The van der Waals surface area contributed by atoms with E-state index >= 15 is 0 Å². The molecule has 0 heterocycles. The summed E-state index contributed by atoms with van der Waals surface area (Å²) >= 11 is 0. The molecule has 0 aliphatic carbocycles. The SMILES string of the molecule is COC(=O)c1ccc(/C=N\NC(=O)c2ccc([N+](=O)[O-])cc2)cc1. The normalized spacial score (nSPS) is 10.4. The molecule has 1 N–H and O–H groups in total. The first-order chi connectivity index (χ1) is 11.5. The monoisotopic (exact) mass is 327 g/mol. The fraction of sp³-hybridized carbons (Fsp3) is 0.0625. The Hall–Kier alpha value is -3.55. The van der Waals surface area contributed by atoms with Gasteiger partial charge in [0.25, 0.3) is 11.6 Å². The van der Waals surface area contributed by atoms with Gasteiger partial charge in [-0.2, -0.15) is 5.10 Å². The van der Waals surface area contributed by atoms with Crippen molar-refractivity contribution >= 4 is 23.8 Å². The van der Waals surface area contributed by atoms with Crippen LogP contribution in [0.4, 0.5) is 5.69 Å². The molecule has 8 nitrogen and oxygen atoms in total. The van der Waals surface area contributed by atoms with E-state index in [0.29, 0.717) is 11.1 Å². The molecule has 0 aromatic heterocycles. The molecule has 1 amide bonds. The number of hydrogen-bond donors (Lipinski definition) is 1. The highest BCUT2D eigenvalue weighted by atomic mass is 16.6. The van der Waals surface area contributed by atoms with Crippen molar-refractivity contribution in [2.75, 3.05) is 7.11 Å². The Morgan fingerprint density at radius 2 is 1.67 bits per heavy atom. The number of nitro benzene ring substituents is 1. The van der Waals surface area contributed by atoms with Gasteiger partial charge in [-0.3, -0.25) is 14.9 Å². The van der Waals surface area contributed by atoms with Gasteiger partial charge >= 0.3 is 5.97 Å². The summed E-state index contributed by atoms with van der Waals surface area (Å²) < 4.78 is 4.59. The highest BCUT2D eigenvalue weighted by Gasteiger charge is 2.08. The molecule has 0 aliphatic heterocycles. The number of rotatable bonds is 5. The molecular weight excluding hydrogens is 314 g/mol. The van der Waals surface area contributed by atoms with Crippen molar-refractivity contribution in [3.05, 3.63) is 75.3 Å². The number of hydrogen-bond acceptors (Lipinski definition) is 6. The number of nitrogens with one attached hydrogen (secondary N) is 1. The lowest BCUT2D eigenvalue weighted by Gasteiger charge is -2.00. The highest BCUT2D eigenvalue weighted by Crippen LogP contribution is 2.11. The quantitative estimate of drug-likeness (QED) is 0.391. The fourth-order valence-electron chi connectivity index (χ4n) is 1.79. The smallest absolute Gasteiger partial charge is 0.337 e. The second-order valence-electron chi connectivity index (χ2n) is 4.62. The van der Waals surface area contributed by atoms with Crippen LogP contribution >= 0.6 is 0 Å². The van der Waals surface area contributed by atoms with E-state index in [0.717, 1.165) is 0 Å². The minimum Gasteiger partial charge on any atom is -0.465 e. The first-order valence-electron chi connectivity index (χ1n) is 6.77. The topological polar surface area (TPSA) is 111 Å². The van der Waals surface area contributed by atoms with Crippen LogP contribution in [0.2, 0.25) is 0 Å². The van der Waals surface area contributed by atoms with Gasteiger partial charge in [0, 0.05) is 17.7 Å². The Balaban J connectivity index is 1.96. The van der Waals surface area contributed by atoms with Gasteiger partial charge in [0.1, 0.15) is 0 Å². The maximum atomic E-state index is 11.8. The van der Waals surface area contributed by atoms with Crippen LogP contribution in [0.5, 0.6) is 0 Å². The van der Waals surface area contributed by atoms with Crippen LogP contribution < -0.4 is 5.43 Å². The Bertz CT molecular complexity index is 782. The Labute approximate surface area is 136 Å². The Morgan fingerprint density at radius 3 is 2.21 bits per heavy atom. The van der Waals surface area contributed by atoms with E-state index in [1.165, 1.54) is 37.6 Å². The molecule has 0 radical (unpaired) electrons. The molecule has 0 bridgehead atoms. The van der Waals surface area contributed by atoms with Crippen molar-refractivity contribution in [3.8, 4) is 0 Å². The van der Waals surface area contributed by atoms with Crippen molar-refractivity contribution < 1.29 is 19.2 Å². The first-order valence-corrected chi connectivity index (χ1v) is 6.77. The zero-order valence-corrected chi connectivity index (χ0v) is 12.6. The van der Waals surface area contributed by atoms with Gasteiger partial charge in [-0.1, -0.05) is 12.1 Å². The van der Waals surface area contributed by atoms with Crippen LogP contribution in [0.25, 0.3) is 0 Å². The number of benzene rings is 2. The zero-order valence-electron chi connectivity index (χ0n) is 12.6. The molecule has 2 aromatic carbocycles. The van der Waals surface area contributed by atoms with Gasteiger partial charge in [-0.05, 0) is 29.8 Å². The molecule has 2 aromatic rings. The third-order valence-corrected chi connectivity index (χ3v) is 3.05. The van der Waals surface area contributed by atoms with Gasteiger partial charge in [0.05, 0.1) is 23.8 Å². The van der Waals surface area contributed by atoms with E-state index in [9.17, 15) is 19.7 Å². The van der Waals surface area contributed by atoms with Crippen molar-refractivity contribution in [2.45, 2.75) is 0 Å². The van der Waals surface area contributed by atoms with Crippen LogP contribution in [-0.2, 0) is 4.74 Å². The van der Waals surface area contributed by atoms with Gasteiger partial charge < -0.3 is 4.74 Å². The second-order valence-corrected chi connectivity index (χ2v) is 4.62. The van der Waals surface area contributed by atoms with Gasteiger partial charge in [-0.25, -0.2) is 10.2 Å². The van der Waals surface area contributed by atoms with E-state index in [1.807, 2.05) is 0 Å². The van der Waals surface area contributed by atoms with Gasteiger partial charge in [-0.15, -0.1) is 0 Å². The number of esters is 1. The number of hydrazone groups is 1. The van der Waals surface area contributed by atoms with Crippen LogP contribution in [0.3, 0.4) is 0 Å². The van der Waals surface area contributed by atoms with Gasteiger partial charge in [0.15, 0.2) is 0 Å². The highest BCUT2D eigenvalue weighted by molar-refractivity contribution is 5.95. The van der Waals surface area contributed by atoms with Crippen molar-refractivity contribution in [1.29, 1.82) is 0 Å². The number of non-ortho nitro benzene ring substituents is 1. The van der Waals surface area contributed by atoms with Crippen LogP contribution in [0.15, 0.2) is 53.6 Å². The average Bonchev–Trinajstić information content (AvgIpc) is 2.61. The molecule has 0 unspecified atom stereocenters.